The topological polar surface area (TPSA) is 0 Å². The molecular formula is C24H52Hf. The number of hydrogen-bond acceptors (Lipinski definition) is 0. The summed E-state index contributed by atoms with van der Waals surface area (Å²) in [5.41, 5.74) is 0. The molecular weight excluding hydrogens is 467 g/mol. The number of unbranched alkanes of at least 4 members (excludes halogenated alkanes) is 15. The van der Waals surface area contributed by atoms with E-state index in [4.69, 9.17) is 0 Å². The monoisotopic (exact) mass is 520 g/mol. The molecule has 1 heteroatoms. The van der Waals surface area contributed by atoms with Crippen molar-refractivity contribution < 1.29 is 27.3 Å². The summed E-state index contributed by atoms with van der Waals surface area (Å²) >= 11 is 0. The van der Waals surface area contributed by atoms with Gasteiger partial charge in [0, 0.05) is 0 Å². The fourth-order valence-electron chi connectivity index (χ4n) is 2.34. The summed E-state index contributed by atoms with van der Waals surface area (Å²) in [4.78, 5) is 0. The number of hydrogen-bond donors (Lipinski definition) is 0. The van der Waals surface area contributed by atoms with Gasteiger partial charge in [-0.05, 0) is 0 Å². The Bertz CT molecular complexity index is 116. The summed E-state index contributed by atoms with van der Waals surface area (Å²) in [5, 5.41) is 0. The second-order valence-electron chi connectivity index (χ2n) is 6.80. The first-order chi connectivity index (χ1) is 11.7. The van der Waals surface area contributed by atoms with E-state index in [9.17, 15) is 0 Å². The fourth-order valence-corrected chi connectivity index (χ4v) is 2.34. The van der Waals surface area contributed by atoms with Crippen molar-refractivity contribution in [2.45, 2.75) is 136 Å². The smallest absolute Gasteiger partial charge is 1.00 e. The second-order valence-corrected chi connectivity index (χ2v) is 6.80. The summed E-state index contributed by atoms with van der Waals surface area (Å²) < 4.78 is 0. The van der Waals surface area contributed by atoms with E-state index >= 15 is 0 Å². The molecule has 0 aromatic rings. The first kappa shape index (κ1) is 33.5. The largest absolute Gasteiger partial charge is 4.00 e. The van der Waals surface area contributed by atoms with Gasteiger partial charge in [0.1, 0.15) is 0 Å². The Morgan fingerprint density at radius 3 is 0.760 bits per heavy atom. The van der Waals surface area contributed by atoms with Gasteiger partial charge in [0.2, 0.25) is 0 Å². The maximum atomic E-state index is 3.78. The minimum absolute atomic E-state index is 0. The SMILES string of the molecule is [CH2-]CCCCCCC.[CH2-]CCCCCCC.[CH2-]CCCCCCC.[H-].[Hf+4]. The third-order valence-corrected chi connectivity index (χ3v) is 4.06. The van der Waals surface area contributed by atoms with E-state index in [1.54, 1.807) is 0 Å². The second kappa shape index (κ2) is 39.8. The first-order valence-electron chi connectivity index (χ1n) is 11.1. The molecule has 0 amide bonds. The van der Waals surface area contributed by atoms with Crippen molar-refractivity contribution in [3.8, 4) is 0 Å². The van der Waals surface area contributed by atoms with Gasteiger partial charge in [-0.3, -0.25) is 0 Å². The summed E-state index contributed by atoms with van der Waals surface area (Å²) in [6, 6.07) is 0. The summed E-state index contributed by atoms with van der Waals surface area (Å²) in [5.74, 6) is 0. The van der Waals surface area contributed by atoms with E-state index in [0.29, 0.717) is 0 Å². The first-order valence-corrected chi connectivity index (χ1v) is 11.1. The van der Waals surface area contributed by atoms with Gasteiger partial charge in [-0.15, -0.1) is 0 Å². The Labute approximate surface area is 184 Å². The van der Waals surface area contributed by atoms with Gasteiger partial charge in [-0.2, -0.15) is 19.3 Å². The van der Waals surface area contributed by atoms with Crippen LogP contribution in [-0.2, 0) is 25.8 Å². The van der Waals surface area contributed by atoms with Crippen molar-refractivity contribution in [2.24, 2.45) is 0 Å². The van der Waals surface area contributed by atoms with Crippen LogP contribution in [0.15, 0.2) is 0 Å². The van der Waals surface area contributed by atoms with Gasteiger partial charge >= 0.3 is 25.8 Å². The van der Waals surface area contributed by atoms with Crippen LogP contribution in [0.5, 0.6) is 0 Å². The quantitative estimate of drug-likeness (QED) is 0.115. The maximum Gasteiger partial charge on any atom is 4.00 e. The Morgan fingerprint density at radius 1 is 0.400 bits per heavy atom. The summed E-state index contributed by atoms with van der Waals surface area (Å²) in [6.45, 7) is 18.1. The van der Waals surface area contributed by atoms with Crippen molar-refractivity contribution in [1.29, 1.82) is 0 Å². The maximum absolute atomic E-state index is 3.78. The van der Waals surface area contributed by atoms with E-state index < -0.39 is 0 Å². The van der Waals surface area contributed by atoms with E-state index in [-0.39, 0.29) is 27.3 Å². The van der Waals surface area contributed by atoms with Crippen molar-refractivity contribution in [3.05, 3.63) is 20.8 Å². The van der Waals surface area contributed by atoms with Crippen LogP contribution in [0.1, 0.15) is 138 Å². The molecule has 0 spiro atoms. The van der Waals surface area contributed by atoms with Gasteiger partial charge in [0.05, 0.1) is 0 Å². The Hall–Kier alpha value is 0.870. The average Bonchev–Trinajstić information content (AvgIpc) is 2.61. The molecule has 0 saturated carbocycles. The van der Waals surface area contributed by atoms with E-state index in [1.807, 2.05) is 0 Å². The van der Waals surface area contributed by atoms with Crippen molar-refractivity contribution >= 4 is 0 Å². The molecule has 0 heterocycles. The van der Waals surface area contributed by atoms with Gasteiger partial charge in [-0.25, -0.2) is 0 Å². The van der Waals surface area contributed by atoms with Crippen LogP contribution in [-0.4, -0.2) is 0 Å². The Morgan fingerprint density at radius 2 is 0.600 bits per heavy atom. The molecule has 25 heavy (non-hydrogen) atoms. The Kier molecular flexibility index (Phi) is 53.3. The van der Waals surface area contributed by atoms with Crippen LogP contribution < -0.4 is 0 Å². The molecule has 0 unspecified atom stereocenters. The minimum atomic E-state index is 0. The molecule has 0 nitrogen and oxygen atoms in total. The molecule has 0 saturated heterocycles. The molecule has 0 atom stereocenters. The zero-order valence-electron chi connectivity index (χ0n) is 19.3. The van der Waals surface area contributed by atoms with Gasteiger partial charge in [0.15, 0.2) is 0 Å². The van der Waals surface area contributed by atoms with Crippen molar-refractivity contribution in [3.63, 3.8) is 0 Å². The zero-order valence-corrected chi connectivity index (χ0v) is 21.9. The molecule has 0 aliphatic heterocycles. The van der Waals surface area contributed by atoms with Gasteiger partial charge in [0.25, 0.3) is 0 Å². The van der Waals surface area contributed by atoms with Gasteiger partial charge < -0.3 is 22.2 Å². The van der Waals surface area contributed by atoms with Crippen LogP contribution in [0.3, 0.4) is 0 Å². The van der Waals surface area contributed by atoms with Crippen LogP contribution in [0, 0.1) is 20.8 Å². The standard InChI is InChI=1S/3C8H17.Hf.H/c3*1-3-5-7-8-6-4-2;;/h3*1,3-8H2,2H3;;/q3*-1;+4;-1. The van der Waals surface area contributed by atoms with E-state index in [2.05, 4.69) is 41.5 Å². The predicted octanol–water partition coefficient (Wildman–Crippen LogP) is 9.65. The zero-order chi connectivity index (χ0) is 18.7. The average molecular weight is 519 g/mol. The molecule has 0 aliphatic rings. The molecule has 0 rings (SSSR count). The minimum Gasteiger partial charge on any atom is -1.00 e. The molecule has 0 N–H and O–H groups in total. The third kappa shape index (κ3) is 51.6. The van der Waals surface area contributed by atoms with Crippen molar-refractivity contribution in [1.82, 2.24) is 0 Å². The van der Waals surface area contributed by atoms with Crippen LogP contribution in [0.25, 0.3) is 0 Å². The summed E-state index contributed by atoms with van der Waals surface area (Å²) in [6.07, 6.45) is 23.9. The molecule has 0 bridgehead atoms. The predicted molar refractivity (Wildman–Crippen MR) is 117 cm³/mol. The third-order valence-electron chi connectivity index (χ3n) is 4.06. The Balaban J connectivity index is -0.0000000817. The molecule has 0 radical (unpaired) electrons. The van der Waals surface area contributed by atoms with Crippen LogP contribution in [0.4, 0.5) is 0 Å². The van der Waals surface area contributed by atoms with Crippen molar-refractivity contribution in [2.75, 3.05) is 0 Å². The number of rotatable bonds is 15. The van der Waals surface area contributed by atoms with E-state index in [1.165, 1.54) is 96.3 Å². The normalized spacial score (nSPS) is 9.36. The molecule has 0 fully saturated rings. The van der Waals surface area contributed by atoms with Gasteiger partial charge in [-0.1, -0.05) is 117 Å². The van der Waals surface area contributed by atoms with Crippen LogP contribution in [0.2, 0.25) is 0 Å². The molecule has 0 aromatic carbocycles. The summed E-state index contributed by atoms with van der Waals surface area (Å²) in [7, 11) is 0. The molecule has 0 aliphatic carbocycles. The van der Waals surface area contributed by atoms with E-state index in [0.717, 1.165) is 19.3 Å². The fraction of sp³-hybridized carbons (Fsp3) is 0.875. The van der Waals surface area contributed by atoms with Crippen LogP contribution >= 0.6 is 0 Å². The molecule has 0 aromatic heterocycles. The molecule has 152 valence electrons.